The Hall–Kier alpha value is -3.35. The average molecular weight is 475 g/mol. The van der Waals surface area contributed by atoms with Crippen LogP contribution in [-0.2, 0) is 17.9 Å². The number of hydrogen-bond acceptors (Lipinski definition) is 4. The molecule has 1 aliphatic heterocycles. The monoisotopic (exact) mass is 474 g/mol. The summed E-state index contributed by atoms with van der Waals surface area (Å²) in [5.41, 5.74) is 1.39. The van der Waals surface area contributed by atoms with E-state index in [1.54, 1.807) is 12.0 Å². The van der Waals surface area contributed by atoms with Gasteiger partial charge in [0.15, 0.2) is 5.82 Å². The Bertz CT molecular complexity index is 1270. The number of benzene rings is 2. The molecule has 1 N–H and O–H groups in total. The molecule has 2 aromatic carbocycles. The first-order valence-corrected chi connectivity index (χ1v) is 12.5. The summed E-state index contributed by atoms with van der Waals surface area (Å²) in [6, 6.07) is 15.4. The molecule has 0 saturated heterocycles. The van der Waals surface area contributed by atoms with Crippen LogP contribution < -0.4 is 10.1 Å². The molecule has 184 valence electrons. The van der Waals surface area contributed by atoms with Gasteiger partial charge in [0.1, 0.15) is 11.3 Å². The highest BCUT2D eigenvalue weighted by Crippen LogP contribution is 2.35. The lowest BCUT2D eigenvalue weighted by Gasteiger charge is -2.45. The van der Waals surface area contributed by atoms with E-state index in [-0.39, 0.29) is 24.4 Å². The Morgan fingerprint density at radius 2 is 1.89 bits per heavy atom. The van der Waals surface area contributed by atoms with Crippen LogP contribution in [0.2, 0.25) is 0 Å². The minimum Gasteiger partial charge on any atom is -0.496 e. The molecule has 2 heterocycles. The van der Waals surface area contributed by atoms with Gasteiger partial charge in [-0.05, 0) is 43.4 Å². The van der Waals surface area contributed by atoms with Gasteiger partial charge in [0, 0.05) is 11.6 Å². The summed E-state index contributed by atoms with van der Waals surface area (Å²) in [4.78, 5) is 34.3. The first-order chi connectivity index (χ1) is 16.8. The average Bonchev–Trinajstić information content (AvgIpc) is 3.23. The highest BCUT2D eigenvalue weighted by atomic mass is 16.5. The lowest BCUT2D eigenvalue weighted by molar-refractivity contribution is -0.134. The van der Waals surface area contributed by atoms with Crippen molar-refractivity contribution in [1.29, 1.82) is 0 Å². The summed E-state index contributed by atoms with van der Waals surface area (Å²) in [7, 11) is 1.62. The third-order valence-corrected chi connectivity index (χ3v) is 8.19. The van der Waals surface area contributed by atoms with Crippen LogP contribution in [0.4, 0.5) is 0 Å². The first-order valence-electron chi connectivity index (χ1n) is 12.5. The van der Waals surface area contributed by atoms with Crippen molar-refractivity contribution < 1.29 is 14.3 Å². The third kappa shape index (κ3) is 3.97. The molecule has 3 aromatic rings. The number of methoxy groups -OCH3 is 1. The van der Waals surface area contributed by atoms with E-state index in [9.17, 15) is 9.59 Å². The van der Waals surface area contributed by atoms with E-state index in [1.807, 2.05) is 60.0 Å². The van der Waals surface area contributed by atoms with Crippen LogP contribution in [0.5, 0.6) is 5.75 Å². The van der Waals surface area contributed by atoms with E-state index in [0.29, 0.717) is 30.0 Å². The molecule has 0 radical (unpaired) electrons. The standard InChI is InChI=1S/C28H34N4O3/c1-18-10-9-13-21(19(18)2)30-27(34)28(3)17-31-23-14-7-6-12-22(23)29-25(31)26(33)32(28)16-20-11-5-8-15-24(20)35-4/h5-8,11-12,14-15,18-19,21H,9-10,13,16-17H2,1-4H3,(H,30,34). The number of carbonyl (C=O) groups excluding carboxylic acids is 2. The minimum atomic E-state index is -1.09. The molecule has 7 nitrogen and oxygen atoms in total. The van der Waals surface area contributed by atoms with E-state index in [0.717, 1.165) is 29.4 Å². The SMILES string of the molecule is COc1ccccc1CN1C(=O)c2nc3ccccc3n2CC1(C)C(=O)NC1CCCC(C)C1C. The molecule has 1 fully saturated rings. The summed E-state index contributed by atoms with van der Waals surface area (Å²) in [5, 5.41) is 3.35. The molecule has 5 rings (SSSR count). The number of para-hydroxylation sites is 3. The molecule has 7 heteroatoms. The number of ether oxygens (including phenoxy) is 1. The summed E-state index contributed by atoms with van der Waals surface area (Å²) in [5.74, 6) is 1.64. The van der Waals surface area contributed by atoms with Crippen molar-refractivity contribution in [3.63, 3.8) is 0 Å². The normalized spacial score (nSPS) is 26.5. The second-order valence-electron chi connectivity index (χ2n) is 10.3. The zero-order chi connectivity index (χ0) is 24.7. The molecule has 1 aliphatic carbocycles. The summed E-state index contributed by atoms with van der Waals surface area (Å²) in [6.07, 6.45) is 3.26. The van der Waals surface area contributed by atoms with Gasteiger partial charge in [-0.2, -0.15) is 0 Å². The number of rotatable bonds is 5. The lowest BCUT2D eigenvalue weighted by Crippen LogP contribution is -2.65. The number of carbonyl (C=O) groups is 2. The van der Waals surface area contributed by atoms with Crippen LogP contribution in [0.3, 0.4) is 0 Å². The maximum Gasteiger partial charge on any atom is 0.291 e. The van der Waals surface area contributed by atoms with Gasteiger partial charge in [-0.25, -0.2) is 4.98 Å². The number of aromatic nitrogens is 2. The highest BCUT2D eigenvalue weighted by Gasteiger charge is 2.49. The second kappa shape index (κ2) is 9.02. The van der Waals surface area contributed by atoms with Gasteiger partial charge < -0.3 is 19.5 Å². The first kappa shape index (κ1) is 23.4. The zero-order valence-electron chi connectivity index (χ0n) is 21.0. The minimum absolute atomic E-state index is 0.104. The van der Waals surface area contributed by atoms with Crippen LogP contribution in [0.25, 0.3) is 11.0 Å². The largest absolute Gasteiger partial charge is 0.496 e. The van der Waals surface area contributed by atoms with E-state index in [2.05, 4.69) is 24.1 Å². The van der Waals surface area contributed by atoms with Crippen LogP contribution in [0.15, 0.2) is 48.5 Å². The topological polar surface area (TPSA) is 76.5 Å². The van der Waals surface area contributed by atoms with Crippen LogP contribution >= 0.6 is 0 Å². The Morgan fingerprint density at radius 1 is 1.14 bits per heavy atom. The fourth-order valence-electron chi connectivity index (χ4n) is 5.69. The van der Waals surface area contributed by atoms with Gasteiger partial charge in [-0.15, -0.1) is 0 Å². The number of amides is 2. The third-order valence-electron chi connectivity index (χ3n) is 8.19. The number of hydrogen-bond donors (Lipinski definition) is 1. The van der Waals surface area contributed by atoms with E-state index in [4.69, 9.17) is 4.74 Å². The van der Waals surface area contributed by atoms with Gasteiger partial charge in [-0.3, -0.25) is 9.59 Å². The van der Waals surface area contributed by atoms with Gasteiger partial charge in [0.25, 0.3) is 5.91 Å². The van der Waals surface area contributed by atoms with Crippen molar-refractivity contribution in [2.45, 2.75) is 64.7 Å². The molecule has 4 unspecified atom stereocenters. The Kier molecular flexibility index (Phi) is 6.03. The van der Waals surface area contributed by atoms with Crippen LogP contribution in [-0.4, -0.2) is 45.0 Å². The fourth-order valence-corrected chi connectivity index (χ4v) is 5.69. The van der Waals surface area contributed by atoms with Gasteiger partial charge in [0.2, 0.25) is 5.91 Å². The van der Waals surface area contributed by atoms with E-state index < -0.39 is 5.54 Å². The molecule has 4 atom stereocenters. The summed E-state index contributed by atoms with van der Waals surface area (Å²) >= 11 is 0. The number of fused-ring (bicyclic) bond motifs is 3. The van der Waals surface area contributed by atoms with Gasteiger partial charge >= 0.3 is 0 Å². The predicted octanol–water partition coefficient (Wildman–Crippen LogP) is 4.40. The number of imidazole rings is 1. The van der Waals surface area contributed by atoms with E-state index in [1.165, 1.54) is 6.42 Å². The van der Waals surface area contributed by atoms with Crippen molar-refractivity contribution in [2.75, 3.05) is 7.11 Å². The molecule has 1 saturated carbocycles. The fraction of sp³-hybridized carbons (Fsp3) is 0.464. The Labute approximate surface area is 206 Å². The molecular formula is C28H34N4O3. The van der Waals surface area contributed by atoms with Gasteiger partial charge in [-0.1, -0.05) is 57.0 Å². The Morgan fingerprint density at radius 3 is 2.69 bits per heavy atom. The zero-order valence-corrected chi connectivity index (χ0v) is 21.0. The van der Waals surface area contributed by atoms with Crippen molar-refractivity contribution in [2.24, 2.45) is 11.8 Å². The predicted molar refractivity (Wildman–Crippen MR) is 135 cm³/mol. The second-order valence-corrected chi connectivity index (χ2v) is 10.3. The molecule has 2 amide bonds. The van der Waals surface area contributed by atoms with Gasteiger partial charge in [0.05, 0.1) is 31.2 Å². The smallest absolute Gasteiger partial charge is 0.291 e. The highest BCUT2D eigenvalue weighted by molar-refractivity contribution is 6.01. The molecule has 0 bridgehead atoms. The number of nitrogens with zero attached hydrogens (tertiary/aromatic N) is 3. The molecule has 0 spiro atoms. The summed E-state index contributed by atoms with van der Waals surface area (Å²) < 4.78 is 7.46. The molecule has 2 aliphatic rings. The summed E-state index contributed by atoms with van der Waals surface area (Å²) in [6.45, 7) is 6.95. The number of nitrogens with one attached hydrogen (secondary N) is 1. The quantitative estimate of drug-likeness (QED) is 0.595. The van der Waals surface area contributed by atoms with Crippen molar-refractivity contribution in [3.05, 3.63) is 59.9 Å². The van der Waals surface area contributed by atoms with E-state index >= 15 is 0 Å². The lowest BCUT2D eigenvalue weighted by atomic mass is 9.77. The Balaban J connectivity index is 1.56. The molecule has 1 aromatic heterocycles. The molecule has 35 heavy (non-hydrogen) atoms. The van der Waals surface area contributed by atoms with Crippen molar-refractivity contribution in [1.82, 2.24) is 19.8 Å². The van der Waals surface area contributed by atoms with Crippen molar-refractivity contribution >= 4 is 22.8 Å². The maximum atomic E-state index is 14.0. The van der Waals surface area contributed by atoms with Crippen LogP contribution in [0.1, 0.15) is 56.2 Å². The van der Waals surface area contributed by atoms with Crippen molar-refractivity contribution in [3.8, 4) is 5.75 Å². The maximum absolute atomic E-state index is 14.0. The molecular weight excluding hydrogens is 440 g/mol. The van der Waals surface area contributed by atoms with Crippen LogP contribution in [0, 0.1) is 11.8 Å².